The van der Waals surface area contributed by atoms with Crippen LogP contribution in [-0.2, 0) is 9.53 Å². The first-order valence-corrected chi connectivity index (χ1v) is 5.78. The van der Waals surface area contributed by atoms with Crippen molar-refractivity contribution in [3.63, 3.8) is 0 Å². The molecule has 0 aromatic heterocycles. The van der Waals surface area contributed by atoms with Crippen molar-refractivity contribution in [2.24, 2.45) is 5.41 Å². The third-order valence-electron chi connectivity index (χ3n) is 3.33. The Balaban J connectivity index is 0. The Hall–Kier alpha value is -0.790. The number of rotatable bonds is 3. The van der Waals surface area contributed by atoms with Gasteiger partial charge in [-0.3, -0.25) is 4.79 Å². The molecule has 17 heavy (non-hydrogen) atoms. The molecule has 2 nitrogen and oxygen atoms in total. The number of hydrogen-bond acceptors (Lipinski definition) is 2. The van der Waals surface area contributed by atoms with E-state index < -0.39 is 0 Å². The fourth-order valence-corrected chi connectivity index (χ4v) is 1.54. The zero-order chi connectivity index (χ0) is 11.5. The van der Waals surface area contributed by atoms with Crippen LogP contribution < -0.4 is 0 Å². The molecule has 0 aliphatic heterocycles. The van der Waals surface area contributed by atoms with E-state index in [0.717, 1.165) is 25.7 Å². The van der Waals surface area contributed by atoms with E-state index in [0.29, 0.717) is 0 Å². The van der Waals surface area contributed by atoms with E-state index in [4.69, 9.17) is 4.74 Å². The van der Waals surface area contributed by atoms with Crippen LogP contribution in [0.1, 0.15) is 68.2 Å². The lowest BCUT2D eigenvalue weighted by Crippen LogP contribution is -2.38. The van der Waals surface area contributed by atoms with Gasteiger partial charge in [0.25, 0.3) is 0 Å². The summed E-state index contributed by atoms with van der Waals surface area (Å²) in [5, 5.41) is 0. The molecule has 0 spiro atoms. The zero-order valence-corrected chi connectivity index (χ0v) is 10.3. The molecule has 1 unspecified atom stereocenters. The van der Waals surface area contributed by atoms with Gasteiger partial charge in [-0.05, 0) is 40.0 Å². The maximum atomic E-state index is 11.9. The van der Waals surface area contributed by atoms with E-state index in [1.54, 1.807) is 0 Å². The molecule has 1 rings (SSSR count). The van der Waals surface area contributed by atoms with Crippen LogP contribution in [0.4, 0.5) is 0 Å². The molecule has 0 bridgehead atoms. The number of carbonyl (C=O) groups is 1. The first-order valence-electron chi connectivity index (χ1n) is 5.78. The van der Waals surface area contributed by atoms with Gasteiger partial charge < -0.3 is 4.74 Å². The van der Waals surface area contributed by atoms with E-state index in [9.17, 15) is 4.79 Å². The molecule has 1 atom stereocenters. The molecule has 0 fully saturated rings. The fourth-order valence-electron chi connectivity index (χ4n) is 1.54. The fraction of sp³-hybridized carbons (Fsp3) is 0.800. The molecule has 102 valence electrons. The molecule has 0 saturated heterocycles. The first-order chi connectivity index (χ1) is 6.90. The molecule has 0 N–H and O–H groups in total. The molecule has 1 aliphatic carbocycles. The molecule has 0 heterocycles. The molecule has 0 aromatic carbocycles. The molecular formula is C15H30O2. The summed E-state index contributed by atoms with van der Waals surface area (Å²) in [4.78, 5) is 11.9. The van der Waals surface area contributed by atoms with Gasteiger partial charge in [0, 0.05) is 6.42 Å². The van der Waals surface area contributed by atoms with Crippen molar-refractivity contribution in [1.29, 1.82) is 0 Å². The average Bonchev–Trinajstić information content (AvgIpc) is 2.18. The van der Waals surface area contributed by atoms with Crippen molar-refractivity contribution < 1.29 is 9.53 Å². The number of ether oxygens (including phenoxy) is 1. The van der Waals surface area contributed by atoms with Crippen LogP contribution in [-0.4, -0.2) is 11.6 Å². The largest absolute Gasteiger partial charge is 0.459 e. The molecule has 0 radical (unpaired) electrons. The van der Waals surface area contributed by atoms with Crippen LogP contribution in [0.5, 0.6) is 0 Å². The van der Waals surface area contributed by atoms with Crippen LogP contribution in [0.2, 0.25) is 0 Å². The Morgan fingerprint density at radius 1 is 1.35 bits per heavy atom. The van der Waals surface area contributed by atoms with Crippen molar-refractivity contribution in [3.8, 4) is 0 Å². The van der Waals surface area contributed by atoms with Crippen molar-refractivity contribution in [2.45, 2.75) is 73.8 Å². The second-order valence-electron chi connectivity index (χ2n) is 5.29. The van der Waals surface area contributed by atoms with Gasteiger partial charge in [-0.1, -0.05) is 33.9 Å². The van der Waals surface area contributed by atoms with Crippen molar-refractivity contribution >= 4 is 5.97 Å². The monoisotopic (exact) mass is 242 g/mol. The van der Waals surface area contributed by atoms with Crippen LogP contribution in [0.25, 0.3) is 0 Å². The lowest BCUT2D eigenvalue weighted by atomic mass is 9.88. The highest BCUT2D eigenvalue weighted by Gasteiger charge is 2.35. The molecule has 0 saturated carbocycles. The van der Waals surface area contributed by atoms with Gasteiger partial charge in [-0.2, -0.15) is 0 Å². The van der Waals surface area contributed by atoms with E-state index in [1.165, 1.54) is 0 Å². The Kier molecular flexibility index (Phi) is 7.46. The van der Waals surface area contributed by atoms with Crippen molar-refractivity contribution in [3.05, 3.63) is 12.2 Å². The van der Waals surface area contributed by atoms with E-state index in [2.05, 4.69) is 12.2 Å². The lowest BCUT2D eigenvalue weighted by Gasteiger charge is -2.34. The Morgan fingerprint density at radius 3 is 2.35 bits per heavy atom. The summed E-state index contributed by atoms with van der Waals surface area (Å²) in [5.74, 6) is -0.0669. The maximum Gasteiger partial charge on any atom is 0.312 e. The molecular weight excluding hydrogens is 212 g/mol. The van der Waals surface area contributed by atoms with Gasteiger partial charge in [0.15, 0.2) is 0 Å². The lowest BCUT2D eigenvalue weighted by molar-refractivity contribution is -0.169. The van der Waals surface area contributed by atoms with Gasteiger partial charge in [0.05, 0.1) is 5.41 Å². The predicted molar refractivity (Wildman–Crippen MR) is 75.0 cm³/mol. The first kappa shape index (κ1) is 18.6. The maximum absolute atomic E-state index is 11.9. The highest BCUT2D eigenvalue weighted by atomic mass is 16.6. The Bertz CT molecular complexity index is 266. The topological polar surface area (TPSA) is 26.3 Å². The van der Waals surface area contributed by atoms with E-state index >= 15 is 0 Å². The summed E-state index contributed by atoms with van der Waals surface area (Å²) >= 11 is 0. The second kappa shape index (κ2) is 6.83. The number of esters is 1. The van der Waals surface area contributed by atoms with Crippen LogP contribution in [0.15, 0.2) is 12.2 Å². The number of allylic oxidation sites excluding steroid dienone is 1. The Labute approximate surface area is 107 Å². The minimum absolute atomic E-state index is 0. The summed E-state index contributed by atoms with van der Waals surface area (Å²) in [7, 11) is 0. The minimum Gasteiger partial charge on any atom is -0.459 e. The highest BCUT2D eigenvalue weighted by Crippen LogP contribution is 2.31. The standard InChI is InChI=1S/C13H22O2.2CH4/c1-5-12(2,3)11(14)15-13(4)9-7-6-8-10-13;;/h6-7H,5,8-10H2,1-4H3;2*1H4. The summed E-state index contributed by atoms with van der Waals surface area (Å²) in [6.07, 6.45) is 7.87. The normalized spacial score (nSPS) is 23.3. The van der Waals surface area contributed by atoms with Gasteiger partial charge in [-0.15, -0.1) is 0 Å². The average molecular weight is 242 g/mol. The van der Waals surface area contributed by atoms with Crippen LogP contribution in [0, 0.1) is 5.41 Å². The summed E-state index contributed by atoms with van der Waals surface area (Å²) in [6, 6.07) is 0. The quantitative estimate of drug-likeness (QED) is 0.528. The minimum atomic E-state index is -0.357. The SMILES string of the molecule is C.C.CCC(C)(C)C(=O)OC1(C)CC=CCC1. The van der Waals surface area contributed by atoms with Crippen molar-refractivity contribution in [2.75, 3.05) is 0 Å². The smallest absolute Gasteiger partial charge is 0.312 e. The van der Waals surface area contributed by atoms with Gasteiger partial charge in [-0.25, -0.2) is 0 Å². The zero-order valence-electron chi connectivity index (χ0n) is 10.3. The number of hydrogen-bond donors (Lipinski definition) is 0. The van der Waals surface area contributed by atoms with Gasteiger partial charge >= 0.3 is 5.97 Å². The Morgan fingerprint density at radius 2 is 1.94 bits per heavy atom. The summed E-state index contributed by atoms with van der Waals surface area (Å²) in [5.41, 5.74) is -0.636. The molecule has 2 heteroatoms. The summed E-state index contributed by atoms with van der Waals surface area (Å²) in [6.45, 7) is 7.93. The van der Waals surface area contributed by atoms with E-state index in [1.807, 2.05) is 27.7 Å². The summed E-state index contributed by atoms with van der Waals surface area (Å²) < 4.78 is 5.64. The molecule has 0 amide bonds. The van der Waals surface area contributed by atoms with Crippen LogP contribution >= 0.6 is 0 Å². The predicted octanol–water partition coefficient (Wildman–Crippen LogP) is 4.74. The van der Waals surface area contributed by atoms with E-state index in [-0.39, 0.29) is 31.8 Å². The van der Waals surface area contributed by atoms with Crippen LogP contribution in [0.3, 0.4) is 0 Å². The van der Waals surface area contributed by atoms with Crippen molar-refractivity contribution in [1.82, 2.24) is 0 Å². The molecule has 0 aromatic rings. The second-order valence-corrected chi connectivity index (χ2v) is 5.29. The van der Waals surface area contributed by atoms with Gasteiger partial charge in [0.1, 0.15) is 5.60 Å². The highest BCUT2D eigenvalue weighted by molar-refractivity contribution is 5.76. The van der Waals surface area contributed by atoms with Gasteiger partial charge in [0.2, 0.25) is 0 Å². The third kappa shape index (κ3) is 4.93. The molecule has 1 aliphatic rings. The third-order valence-corrected chi connectivity index (χ3v) is 3.33. The number of carbonyl (C=O) groups excluding carboxylic acids is 1.